The molecule has 2 atom stereocenters. The molecule has 0 aromatic heterocycles. The average molecular weight is 427 g/mol. The van der Waals surface area contributed by atoms with Crippen LogP contribution in [0.2, 0.25) is 0 Å². The molecule has 2 rings (SSSR count). The Hall–Kier alpha value is -2.46. The third-order valence-corrected chi connectivity index (χ3v) is 5.20. The lowest BCUT2D eigenvalue weighted by molar-refractivity contribution is -0.111. The molecule has 0 saturated heterocycles. The first kappa shape index (κ1) is 24.8. The summed E-state index contributed by atoms with van der Waals surface area (Å²) in [6.45, 7) is 3.33. The minimum atomic E-state index is -0.933. The number of hydrogen-bond donors (Lipinski definition) is 0. The van der Waals surface area contributed by atoms with Crippen molar-refractivity contribution in [1.29, 1.82) is 0 Å². The van der Waals surface area contributed by atoms with E-state index in [1.807, 2.05) is 49.4 Å². The van der Waals surface area contributed by atoms with Gasteiger partial charge in [-0.2, -0.15) is 0 Å². The Morgan fingerprint density at radius 2 is 1.90 bits per heavy atom. The second kappa shape index (κ2) is 14.5. The number of ether oxygens (including phenoxy) is 2. The number of allylic oxidation sites excluding steroid dienone is 8. The lowest BCUT2D eigenvalue weighted by atomic mass is 9.96. The van der Waals surface area contributed by atoms with Gasteiger partial charge in [-0.1, -0.05) is 55.5 Å². The smallest absolute Gasteiger partial charge is 0.181 e. The van der Waals surface area contributed by atoms with Crippen LogP contribution in [-0.2, 0) is 16.1 Å². The molecule has 0 N–H and O–H groups in total. The number of unbranched alkanes of at least 4 members (excludes halogenated alkanes) is 1. The number of alkyl halides is 1. The average Bonchev–Trinajstić information content (AvgIpc) is 3.14. The summed E-state index contributed by atoms with van der Waals surface area (Å²) < 4.78 is 24.8. The molecule has 0 unspecified atom stereocenters. The Labute approximate surface area is 186 Å². The molecule has 31 heavy (non-hydrogen) atoms. The fourth-order valence-corrected chi connectivity index (χ4v) is 3.38. The van der Waals surface area contributed by atoms with Gasteiger partial charge in [-0.3, -0.25) is 4.79 Å². The highest BCUT2D eigenvalue weighted by Gasteiger charge is 2.22. The lowest BCUT2D eigenvalue weighted by Gasteiger charge is -2.09. The third kappa shape index (κ3) is 9.48. The molecule has 3 nitrogen and oxygen atoms in total. The fraction of sp³-hybridized carbons (Fsp3) is 0.444. The Morgan fingerprint density at radius 1 is 1.10 bits per heavy atom. The van der Waals surface area contributed by atoms with Crippen LogP contribution in [0.15, 0.2) is 72.4 Å². The van der Waals surface area contributed by atoms with Gasteiger partial charge in [0.25, 0.3) is 0 Å². The van der Waals surface area contributed by atoms with Gasteiger partial charge >= 0.3 is 0 Å². The van der Waals surface area contributed by atoms with Gasteiger partial charge in [0.1, 0.15) is 11.9 Å². The molecular formula is C27H35FO3. The lowest BCUT2D eigenvalue weighted by Crippen LogP contribution is -2.04. The van der Waals surface area contributed by atoms with Gasteiger partial charge in [0.15, 0.2) is 5.78 Å². The molecule has 0 bridgehead atoms. The molecule has 0 spiro atoms. The SMILES string of the molecule is CC/C=C\C[C@H](F)C/C=C1/C(=O)C=C[C@@H]1C/C=C\CCCOCc1ccc(OC)cc1. The van der Waals surface area contributed by atoms with Crippen molar-refractivity contribution >= 4 is 5.78 Å². The van der Waals surface area contributed by atoms with Gasteiger partial charge in [-0.05, 0) is 62.3 Å². The van der Waals surface area contributed by atoms with Crippen LogP contribution in [0.5, 0.6) is 5.75 Å². The largest absolute Gasteiger partial charge is 0.497 e. The molecule has 4 heteroatoms. The first-order chi connectivity index (χ1) is 15.1. The number of carbonyl (C=O) groups excluding carboxylic acids is 1. The number of ketones is 1. The van der Waals surface area contributed by atoms with Crippen LogP contribution in [0.1, 0.15) is 51.0 Å². The number of halogens is 1. The predicted molar refractivity (Wildman–Crippen MR) is 125 cm³/mol. The van der Waals surface area contributed by atoms with Crippen LogP contribution in [0, 0.1) is 5.92 Å². The van der Waals surface area contributed by atoms with Crippen LogP contribution >= 0.6 is 0 Å². The summed E-state index contributed by atoms with van der Waals surface area (Å²) in [6.07, 6.45) is 16.8. The Bertz CT molecular complexity index is 774. The van der Waals surface area contributed by atoms with E-state index in [-0.39, 0.29) is 11.7 Å². The van der Waals surface area contributed by atoms with E-state index in [1.165, 1.54) is 0 Å². The molecule has 0 heterocycles. The molecule has 1 aliphatic carbocycles. The summed E-state index contributed by atoms with van der Waals surface area (Å²) >= 11 is 0. The Balaban J connectivity index is 1.63. The van der Waals surface area contributed by atoms with Gasteiger partial charge in [0.05, 0.1) is 13.7 Å². The molecule has 1 aromatic carbocycles. The molecular weight excluding hydrogens is 391 g/mol. The van der Waals surface area contributed by atoms with E-state index in [9.17, 15) is 9.18 Å². The van der Waals surface area contributed by atoms with Gasteiger partial charge < -0.3 is 9.47 Å². The van der Waals surface area contributed by atoms with Crippen molar-refractivity contribution in [3.63, 3.8) is 0 Å². The van der Waals surface area contributed by atoms with Crippen molar-refractivity contribution in [3.8, 4) is 5.75 Å². The number of rotatable bonds is 14. The van der Waals surface area contributed by atoms with Crippen molar-refractivity contribution in [2.24, 2.45) is 5.92 Å². The van der Waals surface area contributed by atoms with Crippen LogP contribution in [0.3, 0.4) is 0 Å². The van der Waals surface area contributed by atoms with E-state index >= 15 is 0 Å². The minimum Gasteiger partial charge on any atom is -0.497 e. The zero-order valence-corrected chi connectivity index (χ0v) is 18.8. The topological polar surface area (TPSA) is 35.5 Å². The molecule has 0 radical (unpaired) electrons. The standard InChI is InChI=1S/C27H35FO3/c1-3-4-7-11-24(28)15-18-26-23(14-19-27(26)29)10-8-5-6-9-20-31-21-22-12-16-25(30-2)17-13-22/h4-5,7-8,12-14,16-19,23-24H,3,6,9-11,15,20-21H2,1-2H3/b7-4-,8-5-,26-18+/t23-,24-/m0/s1. The van der Waals surface area contributed by atoms with Crippen LogP contribution in [-0.4, -0.2) is 25.7 Å². The van der Waals surface area contributed by atoms with Gasteiger partial charge in [-0.15, -0.1) is 0 Å². The van der Waals surface area contributed by atoms with Gasteiger partial charge in [0.2, 0.25) is 0 Å². The van der Waals surface area contributed by atoms with Crippen LogP contribution in [0.4, 0.5) is 4.39 Å². The minimum absolute atomic E-state index is 0.0154. The van der Waals surface area contributed by atoms with Crippen molar-refractivity contribution in [2.45, 2.75) is 58.2 Å². The molecule has 1 aromatic rings. The highest BCUT2D eigenvalue weighted by Crippen LogP contribution is 2.26. The zero-order chi connectivity index (χ0) is 22.3. The highest BCUT2D eigenvalue weighted by molar-refractivity contribution is 6.07. The van der Waals surface area contributed by atoms with E-state index in [2.05, 4.69) is 12.2 Å². The predicted octanol–water partition coefficient (Wildman–Crippen LogP) is 6.70. The highest BCUT2D eigenvalue weighted by atomic mass is 19.1. The third-order valence-electron chi connectivity index (χ3n) is 5.20. The van der Waals surface area contributed by atoms with E-state index in [4.69, 9.17) is 9.47 Å². The van der Waals surface area contributed by atoms with E-state index < -0.39 is 6.17 Å². The number of hydrogen-bond acceptors (Lipinski definition) is 3. The quantitative estimate of drug-likeness (QED) is 0.188. The first-order valence-corrected chi connectivity index (χ1v) is 11.2. The molecule has 0 amide bonds. The Morgan fingerprint density at radius 3 is 2.65 bits per heavy atom. The number of carbonyl (C=O) groups is 1. The fourth-order valence-electron chi connectivity index (χ4n) is 3.38. The van der Waals surface area contributed by atoms with E-state index in [0.29, 0.717) is 26.1 Å². The summed E-state index contributed by atoms with van der Waals surface area (Å²) in [6, 6.07) is 7.88. The second-order valence-corrected chi connectivity index (χ2v) is 7.69. The maximum Gasteiger partial charge on any atom is 0.181 e. The maximum absolute atomic E-state index is 14.0. The summed E-state index contributed by atoms with van der Waals surface area (Å²) in [5.41, 5.74) is 1.86. The Kier molecular flexibility index (Phi) is 11.6. The second-order valence-electron chi connectivity index (χ2n) is 7.69. The van der Waals surface area contributed by atoms with Gasteiger partial charge in [-0.25, -0.2) is 4.39 Å². The monoisotopic (exact) mass is 426 g/mol. The van der Waals surface area contributed by atoms with Crippen LogP contribution < -0.4 is 4.74 Å². The van der Waals surface area contributed by atoms with Crippen molar-refractivity contribution in [2.75, 3.05) is 13.7 Å². The summed E-state index contributed by atoms with van der Waals surface area (Å²) in [4.78, 5) is 12.1. The summed E-state index contributed by atoms with van der Waals surface area (Å²) in [5, 5.41) is 0. The van der Waals surface area contributed by atoms with Gasteiger partial charge in [0, 0.05) is 18.1 Å². The summed E-state index contributed by atoms with van der Waals surface area (Å²) in [7, 11) is 1.66. The van der Waals surface area contributed by atoms with Crippen molar-refractivity contribution < 1.29 is 18.7 Å². The normalized spacial score (nSPS) is 18.6. The molecule has 0 aliphatic heterocycles. The van der Waals surface area contributed by atoms with Crippen molar-refractivity contribution in [1.82, 2.24) is 0 Å². The first-order valence-electron chi connectivity index (χ1n) is 11.2. The number of benzene rings is 1. The molecule has 0 saturated carbocycles. The maximum atomic E-state index is 14.0. The van der Waals surface area contributed by atoms with E-state index in [1.54, 1.807) is 19.3 Å². The zero-order valence-electron chi connectivity index (χ0n) is 18.8. The van der Waals surface area contributed by atoms with Crippen molar-refractivity contribution in [3.05, 3.63) is 77.9 Å². The molecule has 168 valence electrons. The summed E-state index contributed by atoms with van der Waals surface area (Å²) in [5.74, 6) is 0.925. The number of methoxy groups -OCH3 is 1. The van der Waals surface area contributed by atoms with Crippen LogP contribution in [0.25, 0.3) is 0 Å². The molecule has 1 aliphatic rings. The molecule has 0 fully saturated rings. The van der Waals surface area contributed by atoms with E-state index in [0.717, 1.165) is 42.6 Å².